The van der Waals surface area contributed by atoms with E-state index in [1.165, 1.54) is 11.9 Å². The number of carbonyl (C=O) groups excluding carboxylic acids is 2. The molecule has 1 rings (SSSR count). The Balaban J connectivity index is 2.84. The third-order valence-electron chi connectivity index (χ3n) is 3.92. The van der Waals surface area contributed by atoms with Crippen LogP contribution in [0.2, 0.25) is 0 Å². The lowest BCUT2D eigenvalue weighted by atomic mass is 9.86. The zero-order valence-electron chi connectivity index (χ0n) is 11.8. The van der Waals surface area contributed by atoms with Crippen molar-refractivity contribution < 1.29 is 19.8 Å². The van der Waals surface area contributed by atoms with E-state index in [0.717, 1.165) is 4.90 Å². The van der Waals surface area contributed by atoms with Crippen LogP contribution in [0, 0.1) is 0 Å². The van der Waals surface area contributed by atoms with Crippen LogP contribution in [0.25, 0.3) is 0 Å². The van der Waals surface area contributed by atoms with Crippen LogP contribution in [0.3, 0.4) is 0 Å². The number of imide groups is 1. The van der Waals surface area contributed by atoms with Crippen LogP contribution in [-0.2, 0) is 4.79 Å². The summed E-state index contributed by atoms with van der Waals surface area (Å²) < 4.78 is 0. The van der Waals surface area contributed by atoms with Crippen LogP contribution in [0.4, 0.5) is 4.79 Å². The standard InChI is InChI=1S/C13H24N2O4/c1-14-11(18)13(7-3-5-9-16,8-4-6-10-17)15(2)12(14)19/h16-17H,3-10H2,1-2H3. The van der Waals surface area contributed by atoms with Gasteiger partial charge in [-0.2, -0.15) is 0 Å². The van der Waals surface area contributed by atoms with E-state index in [0.29, 0.717) is 38.5 Å². The number of hydrogen-bond donors (Lipinski definition) is 2. The van der Waals surface area contributed by atoms with E-state index in [1.54, 1.807) is 7.05 Å². The summed E-state index contributed by atoms with van der Waals surface area (Å²) >= 11 is 0. The molecule has 1 aliphatic rings. The van der Waals surface area contributed by atoms with E-state index in [4.69, 9.17) is 10.2 Å². The molecule has 0 aromatic heterocycles. The van der Waals surface area contributed by atoms with Crippen LogP contribution < -0.4 is 0 Å². The van der Waals surface area contributed by atoms with E-state index in [9.17, 15) is 9.59 Å². The number of aliphatic hydroxyl groups is 2. The van der Waals surface area contributed by atoms with Gasteiger partial charge in [-0.05, 0) is 38.5 Å². The maximum Gasteiger partial charge on any atom is 0.327 e. The molecular formula is C13H24N2O4. The minimum absolute atomic E-state index is 0.0917. The Labute approximate surface area is 114 Å². The third kappa shape index (κ3) is 3.06. The second-order valence-electron chi connectivity index (χ2n) is 5.10. The van der Waals surface area contributed by atoms with E-state index in [-0.39, 0.29) is 25.2 Å². The van der Waals surface area contributed by atoms with Gasteiger partial charge in [-0.3, -0.25) is 9.69 Å². The summed E-state index contributed by atoms with van der Waals surface area (Å²) in [4.78, 5) is 27.0. The number of rotatable bonds is 8. The zero-order chi connectivity index (χ0) is 14.5. The molecule has 0 saturated carbocycles. The second-order valence-corrected chi connectivity index (χ2v) is 5.10. The predicted octanol–water partition coefficient (Wildman–Crippen LogP) is 0.574. The smallest absolute Gasteiger partial charge is 0.327 e. The van der Waals surface area contributed by atoms with Gasteiger partial charge in [-0.25, -0.2) is 4.79 Å². The summed E-state index contributed by atoms with van der Waals surface area (Å²) in [7, 11) is 3.16. The predicted molar refractivity (Wildman–Crippen MR) is 70.5 cm³/mol. The number of amides is 3. The molecule has 0 spiro atoms. The normalized spacial score (nSPS) is 18.5. The molecule has 6 heteroatoms. The average molecular weight is 272 g/mol. The number of urea groups is 1. The summed E-state index contributed by atoms with van der Waals surface area (Å²) in [5.74, 6) is -0.170. The van der Waals surface area contributed by atoms with Gasteiger partial charge in [0, 0.05) is 27.3 Å². The molecule has 1 heterocycles. The zero-order valence-corrected chi connectivity index (χ0v) is 11.8. The van der Waals surface area contributed by atoms with E-state index >= 15 is 0 Å². The lowest BCUT2D eigenvalue weighted by Crippen LogP contribution is -2.47. The number of likely N-dealkylation sites (N-methyl/N-ethyl adjacent to an activating group) is 2. The Morgan fingerprint density at radius 2 is 1.42 bits per heavy atom. The SMILES string of the molecule is CN1C(=O)N(C)C(CCCCO)(CCCCO)C1=O. The minimum Gasteiger partial charge on any atom is -0.396 e. The summed E-state index contributed by atoms with van der Waals surface area (Å²) in [5.41, 5.74) is -0.795. The molecule has 1 aliphatic heterocycles. The number of hydrogen-bond acceptors (Lipinski definition) is 4. The van der Waals surface area contributed by atoms with Crippen LogP contribution in [0.1, 0.15) is 38.5 Å². The summed E-state index contributed by atoms with van der Waals surface area (Å²) in [6.07, 6.45) is 3.77. The molecule has 0 aliphatic carbocycles. The van der Waals surface area contributed by atoms with Crippen molar-refractivity contribution >= 4 is 11.9 Å². The Morgan fingerprint density at radius 1 is 0.947 bits per heavy atom. The molecule has 3 amide bonds. The van der Waals surface area contributed by atoms with Crippen molar-refractivity contribution in [2.75, 3.05) is 27.3 Å². The van der Waals surface area contributed by atoms with Crippen molar-refractivity contribution in [2.45, 2.75) is 44.1 Å². The van der Waals surface area contributed by atoms with E-state index < -0.39 is 5.54 Å². The fraction of sp³-hybridized carbons (Fsp3) is 0.846. The molecule has 0 aromatic carbocycles. The Kier molecular flexibility index (Phi) is 5.75. The lowest BCUT2D eigenvalue weighted by molar-refractivity contribution is -0.133. The highest BCUT2D eigenvalue weighted by Gasteiger charge is 2.53. The molecule has 0 atom stereocenters. The fourth-order valence-corrected chi connectivity index (χ4v) is 2.68. The number of aliphatic hydroxyl groups excluding tert-OH is 2. The van der Waals surface area contributed by atoms with Crippen molar-refractivity contribution in [1.29, 1.82) is 0 Å². The molecule has 1 fully saturated rings. The fourth-order valence-electron chi connectivity index (χ4n) is 2.68. The first-order chi connectivity index (χ1) is 9.01. The Morgan fingerprint density at radius 3 is 1.74 bits per heavy atom. The van der Waals surface area contributed by atoms with Gasteiger partial charge in [0.2, 0.25) is 0 Å². The highest BCUT2D eigenvalue weighted by Crippen LogP contribution is 2.35. The van der Waals surface area contributed by atoms with E-state index in [2.05, 4.69) is 0 Å². The second kappa shape index (κ2) is 6.86. The Hall–Kier alpha value is -1.14. The molecule has 19 heavy (non-hydrogen) atoms. The molecule has 6 nitrogen and oxygen atoms in total. The maximum absolute atomic E-state index is 12.4. The molecule has 0 radical (unpaired) electrons. The van der Waals surface area contributed by atoms with Crippen LogP contribution >= 0.6 is 0 Å². The first kappa shape index (κ1) is 15.9. The van der Waals surface area contributed by atoms with E-state index in [1.807, 2.05) is 0 Å². The van der Waals surface area contributed by atoms with Gasteiger partial charge in [0.05, 0.1) is 0 Å². The van der Waals surface area contributed by atoms with Crippen molar-refractivity contribution in [2.24, 2.45) is 0 Å². The summed E-state index contributed by atoms with van der Waals surface area (Å²) in [5, 5.41) is 17.7. The van der Waals surface area contributed by atoms with Gasteiger partial charge in [0.15, 0.2) is 0 Å². The number of carbonyl (C=O) groups is 2. The lowest BCUT2D eigenvalue weighted by Gasteiger charge is -2.33. The average Bonchev–Trinajstić information content (AvgIpc) is 2.56. The Bertz CT molecular complexity index is 323. The van der Waals surface area contributed by atoms with Crippen LogP contribution in [0.15, 0.2) is 0 Å². The summed E-state index contributed by atoms with van der Waals surface area (Å²) in [6, 6.07) is -0.280. The molecule has 110 valence electrons. The largest absolute Gasteiger partial charge is 0.396 e. The molecule has 0 bridgehead atoms. The first-order valence-corrected chi connectivity index (χ1v) is 6.79. The highest BCUT2D eigenvalue weighted by molar-refractivity contribution is 6.06. The quantitative estimate of drug-likeness (QED) is 0.500. The highest BCUT2D eigenvalue weighted by atomic mass is 16.3. The minimum atomic E-state index is -0.795. The number of nitrogens with zero attached hydrogens (tertiary/aromatic N) is 2. The molecule has 2 N–H and O–H groups in total. The molecule has 0 aromatic rings. The third-order valence-corrected chi connectivity index (χ3v) is 3.92. The van der Waals surface area contributed by atoms with Gasteiger partial charge < -0.3 is 15.1 Å². The topological polar surface area (TPSA) is 81.1 Å². The van der Waals surface area contributed by atoms with Crippen molar-refractivity contribution in [3.8, 4) is 0 Å². The molecule has 0 unspecified atom stereocenters. The molecule has 1 saturated heterocycles. The van der Waals surface area contributed by atoms with Gasteiger partial charge in [-0.15, -0.1) is 0 Å². The van der Waals surface area contributed by atoms with Crippen molar-refractivity contribution in [1.82, 2.24) is 9.80 Å². The van der Waals surface area contributed by atoms with Gasteiger partial charge in [-0.1, -0.05) is 0 Å². The van der Waals surface area contributed by atoms with Crippen LogP contribution in [0.5, 0.6) is 0 Å². The summed E-state index contributed by atoms with van der Waals surface area (Å²) in [6.45, 7) is 0.183. The van der Waals surface area contributed by atoms with Gasteiger partial charge in [0.1, 0.15) is 5.54 Å². The van der Waals surface area contributed by atoms with Crippen molar-refractivity contribution in [3.05, 3.63) is 0 Å². The van der Waals surface area contributed by atoms with Gasteiger partial charge >= 0.3 is 6.03 Å². The number of unbranched alkanes of at least 4 members (excludes halogenated alkanes) is 2. The van der Waals surface area contributed by atoms with Gasteiger partial charge in [0.25, 0.3) is 5.91 Å². The monoisotopic (exact) mass is 272 g/mol. The van der Waals surface area contributed by atoms with Crippen molar-refractivity contribution in [3.63, 3.8) is 0 Å². The maximum atomic E-state index is 12.4. The first-order valence-electron chi connectivity index (χ1n) is 6.79. The molecular weight excluding hydrogens is 248 g/mol. The van der Waals surface area contributed by atoms with Crippen LogP contribution in [-0.4, -0.2) is 64.8 Å².